The van der Waals surface area contributed by atoms with Crippen LogP contribution in [0.4, 0.5) is 35.0 Å². The van der Waals surface area contributed by atoms with E-state index in [0.717, 1.165) is 16.5 Å². The number of oxime groups is 1. The smallest absolute Gasteiger partial charge is 0.378 e. The molecule has 0 saturated carbocycles. The summed E-state index contributed by atoms with van der Waals surface area (Å²) in [4.78, 5) is 33.5. The number of benzene rings is 5. The lowest BCUT2D eigenvalue weighted by atomic mass is 9.97. The van der Waals surface area contributed by atoms with Gasteiger partial charge < -0.3 is 14.5 Å². The van der Waals surface area contributed by atoms with E-state index >= 15 is 0 Å². The van der Waals surface area contributed by atoms with Gasteiger partial charge in [0, 0.05) is 46.8 Å². The molecule has 1 aliphatic heterocycles. The van der Waals surface area contributed by atoms with Gasteiger partial charge >= 0.3 is 12.3 Å². The first-order valence-corrected chi connectivity index (χ1v) is 14.6. The highest BCUT2D eigenvalue weighted by molar-refractivity contribution is 6.16. The molecule has 5 aromatic rings. The summed E-state index contributed by atoms with van der Waals surface area (Å²) in [7, 11) is 0. The quantitative estimate of drug-likeness (QED) is 0.0790. The van der Waals surface area contributed by atoms with Crippen LogP contribution >= 0.6 is 0 Å². The summed E-state index contributed by atoms with van der Waals surface area (Å²) < 4.78 is 47.2. The number of amides is 1. The van der Waals surface area contributed by atoms with Crippen molar-refractivity contribution in [3.8, 4) is 0 Å². The fourth-order valence-corrected chi connectivity index (χ4v) is 5.29. The van der Waals surface area contributed by atoms with Crippen molar-refractivity contribution >= 4 is 45.4 Å². The SMILES string of the molecule is O=C(c1ccc(N(c2ccccc2)c2ccc(/C(=N/OC(=O)N3CCOCC3)C(F)(F)F)cc2)cc1)c1cccc2ccccc12. The summed E-state index contributed by atoms with van der Waals surface area (Å²) in [5, 5.41) is 5.05. The van der Waals surface area contributed by atoms with Gasteiger partial charge in [-0.1, -0.05) is 78.0 Å². The molecular weight excluding hydrogens is 595 g/mol. The van der Waals surface area contributed by atoms with Crippen LogP contribution in [0, 0.1) is 0 Å². The maximum absolute atomic E-state index is 14.0. The van der Waals surface area contributed by atoms with Crippen LogP contribution in [0.3, 0.4) is 0 Å². The molecule has 10 heteroatoms. The molecule has 1 aliphatic rings. The Hall–Kier alpha value is -5.48. The first-order valence-electron chi connectivity index (χ1n) is 14.6. The monoisotopic (exact) mass is 623 g/mol. The number of nitrogens with zero attached hydrogens (tertiary/aromatic N) is 3. The minimum absolute atomic E-state index is 0.118. The van der Waals surface area contributed by atoms with E-state index in [0.29, 0.717) is 22.5 Å². The van der Waals surface area contributed by atoms with E-state index in [1.54, 1.807) is 30.3 Å². The van der Waals surface area contributed by atoms with Crippen molar-refractivity contribution in [3.05, 3.63) is 138 Å². The third-order valence-electron chi connectivity index (χ3n) is 7.59. The fourth-order valence-electron chi connectivity index (χ4n) is 5.29. The van der Waals surface area contributed by atoms with Gasteiger partial charge in [-0.2, -0.15) is 13.2 Å². The molecule has 0 bridgehead atoms. The van der Waals surface area contributed by atoms with Crippen LogP contribution in [0.1, 0.15) is 21.5 Å². The first kappa shape index (κ1) is 30.5. The van der Waals surface area contributed by atoms with Gasteiger partial charge in [0.2, 0.25) is 0 Å². The van der Waals surface area contributed by atoms with Gasteiger partial charge in [0.1, 0.15) is 0 Å². The van der Waals surface area contributed by atoms with Crippen LogP contribution in [-0.4, -0.2) is 55.0 Å². The Morgan fingerprint density at radius 3 is 1.91 bits per heavy atom. The van der Waals surface area contributed by atoms with Crippen LogP contribution in [0.25, 0.3) is 10.8 Å². The van der Waals surface area contributed by atoms with Crippen LogP contribution in [0.5, 0.6) is 0 Å². The third kappa shape index (κ3) is 6.62. The first-order chi connectivity index (χ1) is 22.3. The highest BCUT2D eigenvalue weighted by Gasteiger charge is 2.38. The highest BCUT2D eigenvalue weighted by atomic mass is 19.4. The van der Waals surface area contributed by atoms with Crippen molar-refractivity contribution < 1.29 is 32.3 Å². The molecular formula is C36H28F3N3O4. The normalized spacial score (nSPS) is 13.8. The Morgan fingerprint density at radius 2 is 1.26 bits per heavy atom. The highest BCUT2D eigenvalue weighted by Crippen LogP contribution is 2.35. The summed E-state index contributed by atoms with van der Waals surface area (Å²) in [6.45, 7) is 0.956. The average molecular weight is 624 g/mol. The number of hydrogen-bond acceptors (Lipinski definition) is 6. The number of ether oxygens (including phenoxy) is 1. The number of carbonyl (C=O) groups is 2. The standard InChI is InChI=1S/C36H28F3N3O4/c37-36(38,39)34(40-46-35(44)41-21-23-45-24-22-41)27-15-19-30(20-16-27)42(28-9-2-1-3-10-28)29-17-13-26(14-18-29)33(43)32-12-6-8-25-7-4-5-11-31(25)32/h1-20H,21-24H2/b40-34-. The van der Waals surface area contributed by atoms with Crippen molar-refractivity contribution in [2.24, 2.45) is 5.16 Å². The van der Waals surface area contributed by atoms with E-state index in [-0.39, 0.29) is 37.6 Å². The Labute approximate surface area is 263 Å². The zero-order chi connectivity index (χ0) is 32.1. The molecule has 5 aromatic carbocycles. The fraction of sp³-hybridized carbons (Fsp3) is 0.139. The van der Waals surface area contributed by atoms with Crippen molar-refractivity contribution in [2.45, 2.75) is 6.18 Å². The van der Waals surface area contributed by atoms with Crippen LogP contribution in [-0.2, 0) is 9.57 Å². The summed E-state index contributed by atoms with van der Waals surface area (Å²) in [5.41, 5.74) is 1.51. The number of halogens is 3. The predicted molar refractivity (Wildman–Crippen MR) is 170 cm³/mol. The molecule has 1 amide bonds. The number of fused-ring (bicyclic) bond motifs is 1. The van der Waals surface area contributed by atoms with Gasteiger partial charge in [0.05, 0.1) is 13.2 Å². The van der Waals surface area contributed by atoms with Crippen molar-refractivity contribution in [1.82, 2.24) is 4.90 Å². The second-order valence-electron chi connectivity index (χ2n) is 10.5. The molecule has 1 fully saturated rings. The number of alkyl halides is 3. The molecule has 1 saturated heterocycles. The maximum Gasteiger partial charge on any atom is 0.437 e. The minimum Gasteiger partial charge on any atom is -0.378 e. The van der Waals surface area contributed by atoms with Gasteiger partial charge in [0.15, 0.2) is 11.5 Å². The van der Waals surface area contributed by atoms with E-state index in [1.165, 1.54) is 29.2 Å². The lowest BCUT2D eigenvalue weighted by Gasteiger charge is -2.26. The third-order valence-corrected chi connectivity index (χ3v) is 7.59. The molecule has 7 nitrogen and oxygen atoms in total. The predicted octanol–water partition coefficient (Wildman–Crippen LogP) is 8.28. The molecule has 0 unspecified atom stereocenters. The van der Waals surface area contributed by atoms with Gasteiger partial charge in [-0.3, -0.25) is 9.63 Å². The van der Waals surface area contributed by atoms with E-state index in [1.807, 2.05) is 71.6 Å². The minimum atomic E-state index is -4.88. The topological polar surface area (TPSA) is 71.4 Å². The van der Waals surface area contributed by atoms with E-state index < -0.39 is 18.0 Å². The number of para-hydroxylation sites is 1. The number of hydrogen-bond donors (Lipinski definition) is 0. The second-order valence-corrected chi connectivity index (χ2v) is 10.5. The molecule has 0 atom stereocenters. The Morgan fingerprint density at radius 1 is 0.696 bits per heavy atom. The molecule has 0 spiro atoms. The summed E-state index contributed by atoms with van der Waals surface area (Å²) in [6, 6.07) is 35.3. The molecule has 46 heavy (non-hydrogen) atoms. The number of ketones is 1. The van der Waals surface area contributed by atoms with E-state index in [4.69, 9.17) is 4.74 Å². The van der Waals surface area contributed by atoms with Crippen molar-refractivity contribution in [2.75, 3.05) is 31.2 Å². The van der Waals surface area contributed by atoms with Crippen molar-refractivity contribution in [1.29, 1.82) is 0 Å². The molecule has 1 heterocycles. The van der Waals surface area contributed by atoms with Crippen LogP contribution < -0.4 is 4.90 Å². The second kappa shape index (κ2) is 13.3. The number of rotatable bonds is 7. The zero-order valence-electron chi connectivity index (χ0n) is 24.5. The zero-order valence-corrected chi connectivity index (χ0v) is 24.5. The Bertz CT molecular complexity index is 1860. The van der Waals surface area contributed by atoms with Gasteiger partial charge in [-0.15, -0.1) is 0 Å². The van der Waals surface area contributed by atoms with Crippen molar-refractivity contribution in [3.63, 3.8) is 0 Å². The summed E-state index contributed by atoms with van der Waals surface area (Å²) >= 11 is 0. The molecule has 0 aromatic heterocycles. The summed E-state index contributed by atoms with van der Waals surface area (Å²) in [6.07, 6.45) is -5.85. The molecule has 232 valence electrons. The average Bonchev–Trinajstić information content (AvgIpc) is 3.09. The maximum atomic E-state index is 14.0. The lowest BCUT2D eigenvalue weighted by molar-refractivity contribution is -0.0607. The lowest BCUT2D eigenvalue weighted by Crippen LogP contribution is -2.40. The van der Waals surface area contributed by atoms with Gasteiger partial charge in [0.25, 0.3) is 0 Å². The molecule has 0 radical (unpaired) electrons. The Kier molecular flexibility index (Phi) is 8.80. The van der Waals surface area contributed by atoms with Gasteiger partial charge in [-0.05, 0) is 59.3 Å². The van der Waals surface area contributed by atoms with E-state index in [9.17, 15) is 22.8 Å². The number of anilines is 3. The van der Waals surface area contributed by atoms with Gasteiger partial charge in [-0.25, -0.2) is 4.79 Å². The number of morpholine rings is 1. The molecule has 6 rings (SSSR count). The van der Waals surface area contributed by atoms with Crippen LogP contribution in [0.15, 0.2) is 126 Å². The molecule has 0 N–H and O–H groups in total. The summed E-state index contributed by atoms with van der Waals surface area (Å²) in [5.74, 6) is -0.118. The van der Waals surface area contributed by atoms with Crippen LogP contribution in [0.2, 0.25) is 0 Å². The van der Waals surface area contributed by atoms with E-state index in [2.05, 4.69) is 9.99 Å². The molecule has 0 aliphatic carbocycles. The Balaban J connectivity index is 1.29. The largest absolute Gasteiger partial charge is 0.437 e. The number of carbonyl (C=O) groups excluding carboxylic acids is 2.